The van der Waals surface area contributed by atoms with E-state index in [0.717, 1.165) is 44.1 Å². The summed E-state index contributed by atoms with van der Waals surface area (Å²) >= 11 is 0. The van der Waals surface area contributed by atoms with Crippen molar-refractivity contribution in [1.82, 2.24) is 0 Å². The van der Waals surface area contributed by atoms with Crippen LogP contribution in [0.4, 0.5) is 5.69 Å². The molecule has 0 aromatic heterocycles. The number of phenolic OH excluding ortho intramolecular Hbond substituents is 1. The molecule has 0 radical (unpaired) electrons. The fraction of sp³-hybridized carbons (Fsp3) is 0.562. The first kappa shape index (κ1) is 14.9. The zero-order valence-corrected chi connectivity index (χ0v) is 12.1. The SMILES string of the molecule is CCc1ccc(O)c(NC(=O)C2CCCCCC2N)c1. The van der Waals surface area contributed by atoms with Gasteiger partial charge in [0.15, 0.2) is 0 Å². The molecule has 0 bridgehead atoms. The highest BCUT2D eigenvalue weighted by Gasteiger charge is 2.27. The van der Waals surface area contributed by atoms with Crippen molar-refractivity contribution in [2.24, 2.45) is 11.7 Å². The molecule has 2 rings (SSSR count). The molecule has 2 atom stereocenters. The van der Waals surface area contributed by atoms with Gasteiger partial charge in [0, 0.05) is 6.04 Å². The van der Waals surface area contributed by atoms with Gasteiger partial charge in [-0.15, -0.1) is 0 Å². The van der Waals surface area contributed by atoms with Gasteiger partial charge in [-0.25, -0.2) is 0 Å². The summed E-state index contributed by atoms with van der Waals surface area (Å²) < 4.78 is 0. The van der Waals surface area contributed by atoms with Gasteiger partial charge >= 0.3 is 0 Å². The van der Waals surface area contributed by atoms with Crippen LogP contribution < -0.4 is 11.1 Å². The second-order valence-electron chi connectivity index (χ2n) is 5.60. The van der Waals surface area contributed by atoms with Crippen LogP contribution in [0.15, 0.2) is 18.2 Å². The summed E-state index contributed by atoms with van der Waals surface area (Å²) in [5.74, 6) is -0.108. The van der Waals surface area contributed by atoms with E-state index >= 15 is 0 Å². The van der Waals surface area contributed by atoms with Crippen molar-refractivity contribution >= 4 is 11.6 Å². The maximum Gasteiger partial charge on any atom is 0.229 e. The minimum atomic E-state index is -0.151. The van der Waals surface area contributed by atoms with Crippen LogP contribution in [0.5, 0.6) is 5.75 Å². The van der Waals surface area contributed by atoms with E-state index in [1.807, 2.05) is 19.1 Å². The molecular formula is C16H24N2O2. The molecule has 4 heteroatoms. The molecule has 0 heterocycles. The fourth-order valence-electron chi connectivity index (χ4n) is 2.79. The van der Waals surface area contributed by atoms with E-state index in [9.17, 15) is 9.90 Å². The van der Waals surface area contributed by atoms with E-state index in [1.54, 1.807) is 6.07 Å². The zero-order valence-electron chi connectivity index (χ0n) is 12.1. The number of phenols is 1. The van der Waals surface area contributed by atoms with Gasteiger partial charge in [-0.3, -0.25) is 4.79 Å². The van der Waals surface area contributed by atoms with Gasteiger partial charge in [0.25, 0.3) is 0 Å². The minimum Gasteiger partial charge on any atom is -0.506 e. The second kappa shape index (κ2) is 6.75. The summed E-state index contributed by atoms with van der Waals surface area (Å²) in [5.41, 5.74) is 7.68. The molecule has 1 fully saturated rings. The molecule has 20 heavy (non-hydrogen) atoms. The maximum absolute atomic E-state index is 12.4. The molecule has 1 aliphatic carbocycles. The van der Waals surface area contributed by atoms with Crippen LogP contribution >= 0.6 is 0 Å². The predicted molar refractivity (Wildman–Crippen MR) is 80.7 cm³/mol. The number of hydrogen-bond donors (Lipinski definition) is 3. The molecule has 1 amide bonds. The normalized spacial score (nSPS) is 23.1. The third kappa shape index (κ3) is 3.51. The van der Waals surface area contributed by atoms with Crippen LogP contribution in [-0.4, -0.2) is 17.1 Å². The summed E-state index contributed by atoms with van der Waals surface area (Å²) in [6, 6.07) is 5.24. The molecule has 0 aliphatic heterocycles. The second-order valence-corrected chi connectivity index (χ2v) is 5.60. The molecule has 1 aromatic rings. The van der Waals surface area contributed by atoms with Gasteiger partial charge < -0.3 is 16.2 Å². The highest BCUT2D eigenvalue weighted by Crippen LogP contribution is 2.28. The summed E-state index contributed by atoms with van der Waals surface area (Å²) in [5, 5.41) is 12.7. The van der Waals surface area contributed by atoms with Gasteiger partial charge in [-0.1, -0.05) is 32.3 Å². The summed E-state index contributed by atoms with van der Waals surface area (Å²) in [4.78, 5) is 12.4. The van der Waals surface area contributed by atoms with Gasteiger partial charge in [-0.2, -0.15) is 0 Å². The van der Waals surface area contributed by atoms with Crippen LogP contribution in [0.2, 0.25) is 0 Å². The lowest BCUT2D eigenvalue weighted by Gasteiger charge is -2.21. The molecule has 1 aliphatic rings. The Morgan fingerprint density at radius 1 is 1.35 bits per heavy atom. The first-order valence-corrected chi connectivity index (χ1v) is 7.50. The lowest BCUT2D eigenvalue weighted by atomic mass is 9.94. The van der Waals surface area contributed by atoms with Crippen LogP contribution in [0.1, 0.15) is 44.6 Å². The number of rotatable bonds is 3. The quantitative estimate of drug-likeness (QED) is 0.587. The van der Waals surface area contributed by atoms with Crippen molar-refractivity contribution < 1.29 is 9.90 Å². The third-order valence-corrected chi connectivity index (χ3v) is 4.13. The van der Waals surface area contributed by atoms with E-state index < -0.39 is 0 Å². The molecule has 0 saturated heterocycles. The van der Waals surface area contributed by atoms with Crippen molar-refractivity contribution in [3.63, 3.8) is 0 Å². The van der Waals surface area contributed by atoms with Crippen LogP contribution in [-0.2, 0) is 11.2 Å². The number of carbonyl (C=O) groups is 1. The van der Waals surface area contributed by atoms with E-state index in [-0.39, 0.29) is 23.6 Å². The molecule has 1 saturated carbocycles. The Morgan fingerprint density at radius 2 is 2.10 bits per heavy atom. The fourth-order valence-corrected chi connectivity index (χ4v) is 2.79. The lowest BCUT2D eigenvalue weighted by Crippen LogP contribution is -2.37. The highest BCUT2D eigenvalue weighted by molar-refractivity contribution is 5.94. The van der Waals surface area contributed by atoms with E-state index in [4.69, 9.17) is 5.73 Å². The summed E-state index contributed by atoms with van der Waals surface area (Å²) in [7, 11) is 0. The molecule has 110 valence electrons. The average molecular weight is 276 g/mol. The average Bonchev–Trinajstić information content (AvgIpc) is 2.66. The van der Waals surface area contributed by atoms with Crippen molar-refractivity contribution in [1.29, 1.82) is 0 Å². The Kier molecular flexibility index (Phi) is 5.01. The van der Waals surface area contributed by atoms with Crippen LogP contribution in [0.3, 0.4) is 0 Å². The third-order valence-electron chi connectivity index (χ3n) is 4.13. The smallest absolute Gasteiger partial charge is 0.229 e. The Balaban J connectivity index is 2.10. The van der Waals surface area contributed by atoms with Crippen molar-refractivity contribution in [3.8, 4) is 5.75 Å². The van der Waals surface area contributed by atoms with Gasteiger partial charge in [0.2, 0.25) is 5.91 Å². The van der Waals surface area contributed by atoms with Gasteiger partial charge in [0.05, 0.1) is 11.6 Å². The first-order valence-electron chi connectivity index (χ1n) is 7.50. The Hall–Kier alpha value is -1.55. The lowest BCUT2D eigenvalue weighted by molar-refractivity contribution is -0.120. The molecule has 1 aromatic carbocycles. The molecule has 4 nitrogen and oxygen atoms in total. The Labute approximate surface area is 120 Å². The number of nitrogens with two attached hydrogens (primary N) is 1. The Bertz CT molecular complexity index is 474. The van der Waals surface area contributed by atoms with E-state index in [2.05, 4.69) is 5.32 Å². The van der Waals surface area contributed by atoms with Crippen LogP contribution in [0, 0.1) is 5.92 Å². The molecule has 2 unspecified atom stereocenters. The predicted octanol–water partition coefficient (Wildman–Crippen LogP) is 2.80. The number of anilines is 1. The Morgan fingerprint density at radius 3 is 2.85 bits per heavy atom. The molecular weight excluding hydrogens is 252 g/mol. The number of hydrogen-bond acceptors (Lipinski definition) is 3. The largest absolute Gasteiger partial charge is 0.506 e. The van der Waals surface area contributed by atoms with Crippen LogP contribution in [0.25, 0.3) is 0 Å². The number of aryl methyl sites for hydroxylation is 1. The monoisotopic (exact) mass is 276 g/mol. The zero-order chi connectivity index (χ0) is 14.5. The first-order chi connectivity index (χ1) is 9.61. The molecule has 4 N–H and O–H groups in total. The number of amides is 1. The number of nitrogens with one attached hydrogen (secondary N) is 1. The highest BCUT2D eigenvalue weighted by atomic mass is 16.3. The maximum atomic E-state index is 12.4. The minimum absolute atomic E-state index is 0.0667. The number of carbonyl (C=O) groups excluding carboxylic acids is 1. The van der Waals surface area contributed by atoms with Crippen molar-refractivity contribution in [3.05, 3.63) is 23.8 Å². The van der Waals surface area contributed by atoms with Gasteiger partial charge in [-0.05, 0) is 37.0 Å². The van der Waals surface area contributed by atoms with Crippen molar-refractivity contribution in [2.75, 3.05) is 5.32 Å². The summed E-state index contributed by atoms with van der Waals surface area (Å²) in [6.45, 7) is 2.04. The summed E-state index contributed by atoms with van der Waals surface area (Å²) in [6.07, 6.45) is 5.90. The number of aromatic hydroxyl groups is 1. The van der Waals surface area contributed by atoms with Crippen molar-refractivity contribution in [2.45, 2.75) is 51.5 Å². The van der Waals surface area contributed by atoms with E-state index in [1.165, 1.54) is 0 Å². The topological polar surface area (TPSA) is 75.3 Å². The molecule has 0 spiro atoms. The number of benzene rings is 1. The van der Waals surface area contributed by atoms with Gasteiger partial charge in [0.1, 0.15) is 5.75 Å². The van der Waals surface area contributed by atoms with E-state index in [0.29, 0.717) is 5.69 Å². The standard InChI is InChI=1S/C16H24N2O2/c1-2-11-8-9-15(19)14(10-11)18-16(20)12-6-4-3-5-7-13(12)17/h8-10,12-13,19H,2-7,17H2,1H3,(H,18,20).